The summed E-state index contributed by atoms with van der Waals surface area (Å²) in [5, 5.41) is 13.4. The molecular weight excluding hydrogens is 258 g/mol. The van der Waals surface area contributed by atoms with Crippen LogP contribution in [0.1, 0.15) is 6.92 Å². The molecule has 1 N–H and O–H groups in total. The molecule has 1 aromatic rings. The predicted molar refractivity (Wildman–Crippen MR) is 68.1 cm³/mol. The van der Waals surface area contributed by atoms with Crippen LogP contribution in [-0.2, 0) is 10.0 Å². The van der Waals surface area contributed by atoms with E-state index in [9.17, 15) is 18.5 Å². The molecule has 0 aliphatic heterocycles. The summed E-state index contributed by atoms with van der Waals surface area (Å²) in [6.07, 6.45) is 0. The first-order valence-electron chi connectivity index (χ1n) is 5.27. The zero-order chi connectivity index (χ0) is 13.9. The Bertz CT molecular complexity index is 556. The summed E-state index contributed by atoms with van der Waals surface area (Å²) in [4.78, 5) is 9.98. The Labute approximate surface area is 106 Å². The van der Waals surface area contributed by atoms with Crippen molar-refractivity contribution in [1.29, 1.82) is 0 Å². The highest BCUT2D eigenvalue weighted by Gasteiger charge is 2.25. The maximum absolute atomic E-state index is 12.2. The SMILES string of the molecule is CCN(C)S(=O)(=O)c1cc([N+](=O)[O-])ccc1NC. The van der Waals surface area contributed by atoms with Gasteiger partial charge in [-0.25, -0.2) is 12.7 Å². The van der Waals surface area contributed by atoms with Crippen LogP contribution >= 0.6 is 0 Å². The molecule has 0 aliphatic rings. The summed E-state index contributed by atoms with van der Waals surface area (Å²) in [5.41, 5.74) is 0.0815. The molecule has 0 amide bonds. The van der Waals surface area contributed by atoms with Gasteiger partial charge in [-0.2, -0.15) is 0 Å². The minimum absolute atomic E-state index is 0.0939. The van der Waals surface area contributed by atoms with Crippen molar-refractivity contribution in [1.82, 2.24) is 4.31 Å². The fourth-order valence-electron chi connectivity index (χ4n) is 1.38. The Hall–Kier alpha value is -1.67. The lowest BCUT2D eigenvalue weighted by Gasteiger charge is -2.17. The molecule has 0 atom stereocenters. The van der Waals surface area contributed by atoms with Crippen molar-refractivity contribution >= 4 is 21.4 Å². The zero-order valence-electron chi connectivity index (χ0n) is 10.4. The fraction of sp³-hybridized carbons (Fsp3) is 0.400. The van der Waals surface area contributed by atoms with Crippen LogP contribution in [0.5, 0.6) is 0 Å². The molecule has 0 fully saturated rings. The molecule has 1 rings (SSSR count). The third-order valence-electron chi connectivity index (χ3n) is 2.58. The van der Waals surface area contributed by atoms with Gasteiger partial charge in [-0.05, 0) is 6.07 Å². The normalized spacial score (nSPS) is 11.6. The molecular formula is C10H15N3O4S. The number of rotatable bonds is 5. The van der Waals surface area contributed by atoms with Crippen LogP contribution in [0.2, 0.25) is 0 Å². The molecule has 0 bridgehead atoms. The number of benzene rings is 1. The van der Waals surface area contributed by atoms with Gasteiger partial charge in [0.2, 0.25) is 10.0 Å². The van der Waals surface area contributed by atoms with Gasteiger partial charge in [0.05, 0.1) is 10.6 Å². The van der Waals surface area contributed by atoms with E-state index in [-0.39, 0.29) is 17.1 Å². The number of anilines is 1. The van der Waals surface area contributed by atoms with E-state index in [1.165, 1.54) is 19.2 Å². The van der Waals surface area contributed by atoms with E-state index in [0.717, 1.165) is 10.4 Å². The van der Waals surface area contributed by atoms with Crippen molar-refractivity contribution in [3.05, 3.63) is 28.3 Å². The van der Waals surface area contributed by atoms with Crippen LogP contribution in [0.15, 0.2) is 23.1 Å². The van der Waals surface area contributed by atoms with Gasteiger partial charge in [-0.3, -0.25) is 10.1 Å². The fourth-order valence-corrected chi connectivity index (χ4v) is 2.78. The lowest BCUT2D eigenvalue weighted by atomic mass is 10.3. The van der Waals surface area contributed by atoms with Crippen LogP contribution in [0, 0.1) is 10.1 Å². The molecule has 0 heterocycles. The zero-order valence-corrected chi connectivity index (χ0v) is 11.2. The number of hydrogen-bond donors (Lipinski definition) is 1. The average molecular weight is 273 g/mol. The van der Waals surface area contributed by atoms with Gasteiger partial charge in [-0.15, -0.1) is 0 Å². The van der Waals surface area contributed by atoms with E-state index in [4.69, 9.17) is 0 Å². The Morgan fingerprint density at radius 1 is 1.44 bits per heavy atom. The second-order valence-corrected chi connectivity index (χ2v) is 5.62. The summed E-state index contributed by atoms with van der Waals surface area (Å²) in [6.45, 7) is 1.97. The first-order chi connectivity index (χ1) is 8.34. The summed E-state index contributed by atoms with van der Waals surface area (Å²) in [6, 6.07) is 3.71. The van der Waals surface area contributed by atoms with E-state index in [2.05, 4.69) is 5.32 Å². The van der Waals surface area contributed by atoms with Crippen molar-refractivity contribution < 1.29 is 13.3 Å². The van der Waals surface area contributed by atoms with E-state index in [1.54, 1.807) is 14.0 Å². The Balaban J connectivity index is 3.46. The van der Waals surface area contributed by atoms with E-state index >= 15 is 0 Å². The Kier molecular flexibility index (Phi) is 4.25. The molecule has 0 unspecified atom stereocenters. The predicted octanol–water partition coefficient (Wildman–Crippen LogP) is 1.28. The van der Waals surface area contributed by atoms with Gasteiger partial charge < -0.3 is 5.32 Å². The molecule has 7 nitrogen and oxygen atoms in total. The molecule has 0 spiro atoms. The molecule has 8 heteroatoms. The van der Waals surface area contributed by atoms with Crippen molar-refractivity contribution in [2.45, 2.75) is 11.8 Å². The van der Waals surface area contributed by atoms with Gasteiger partial charge in [0.25, 0.3) is 5.69 Å². The minimum atomic E-state index is -3.72. The number of non-ortho nitro benzene ring substituents is 1. The van der Waals surface area contributed by atoms with Crippen LogP contribution in [-0.4, -0.2) is 38.3 Å². The van der Waals surface area contributed by atoms with Crippen molar-refractivity contribution in [2.24, 2.45) is 0 Å². The lowest BCUT2D eigenvalue weighted by Crippen LogP contribution is -2.27. The number of nitrogens with one attached hydrogen (secondary N) is 1. The van der Waals surface area contributed by atoms with Crippen LogP contribution < -0.4 is 5.32 Å². The molecule has 100 valence electrons. The summed E-state index contributed by atoms with van der Waals surface area (Å²) >= 11 is 0. The molecule has 1 aromatic carbocycles. The third kappa shape index (κ3) is 2.59. The Morgan fingerprint density at radius 2 is 2.06 bits per heavy atom. The topological polar surface area (TPSA) is 92.5 Å². The van der Waals surface area contributed by atoms with Gasteiger partial charge >= 0.3 is 0 Å². The molecule has 0 saturated heterocycles. The molecule has 18 heavy (non-hydrogen) atoms. The van der Waals surface area contributed by atoms with Gasteiger partial charge in [-0.1, -0.05) is 6.92 Å². The van der Waals surface area contributed by atoms with Gasteiger partial charge in [0.15, 0.2) is 0 Å². The monoisotopic (exact) mass is 273 g/mol. The highest BCUT2D eigenvalue weighted by atomic mass is 32.2. The van der Waals surface area contributed by atoms with Gasteiger partial charge in [0, 0.05) is 32.8 Å². The van der Waals surface area contributed by atoms with Crippen LogP contribution in [0.3, 0.4) is 0 Å². The average Bonchev–Trinajstić information content (AvgIpc) is 2.36. The smallest absolute Gasteiger partial charge is 0.270 e. The first kappa shape index (κ1) is 14.4. The van der Waals surface area contributed by atoms with Crippen LogP contribution in [0.4, 0.5) is 11.4 Å². The molecule has 0 aliphatic carbocycles. The first-order valence-corrected chi connectivity index (χ1v) is 6.71. The second-order valence-electron chi connectivity index (χ2n) is 3.61. The van der Waals surface area contributed by atoms with Gasteiger partial charge in [0.1, 0.15) is 4.90 Å². The Morgan fingerprint density at radius 3 is 2.50 bits per heavy atom. The second kappa shape index (κ2) is 5.32. The van der Waals surface area contributed by atoms with Crippen molar-refractivity contribution in [2.75, 3.05) is 26.0 Å². The summed E-state index contributed by atoms with van der Waals surface area (Å²) in [7, 11) is -0.736. The summed E-state index contributed by atoms with van der Waals surface area (Å²) < 4.78 is 25.5. The highest BCUT2D eigenvalue weighted by Crippen LogP contribution is 2.28. The van der Waals surface area contributed by atoms with Crippen LogP contribution in [0.25, 0.3) is 0 Å². The lowest BCUT2D eigenvalue weighted by molar-refractivity contribution is -0.385. The molecule has 0 aromatic heterocycles. The van der Waals surface area contributed by atoms with E-state index in [0.29, 0.717) is 5.69 Å². The third-order valence-corrected chi connectivity index (χ3v) is 4.55. The van der Waals surface area contributed by atoms with Crippen molar-refractivity contribution in [3.8, 4) is 0 Å². The maximum Gasteiger partial charge on any atom is 0.270 e. The largest absolute Gasteiger partial charge is 0.387 e. The minimum Gasteiger partial charge on any atom is -0.387 e. The van der Waals surface area contributed by atoms with E-state index < -0.39 is 14.9 Å². The molecule has 0 radical (unpaired) electrons. The van der Waals surface area contributed by atoms with E-state index in [1.807, 2.05) is 0 Å². The standard InChI is InChI=1S/C10H15N3O4S/c1-4-12(3)18(16,17)10-7-8(13(14)15)5-6-9(10)11-2/h5-7,11H,4H2,1-3H3. The summed E-state index contributed by atoms with van der Waals surface area (Å²) in [5.74, 6) is 0. The maximum atomic E-state index is 12.2. The number of hydrogen-bond acceptors (Lipinski definition) is 5. The molecule has 0 saturated carbocycles. The van der Waals surface area contributed by atoms with Crippen molar-refractivity contribution in [3.63, 3.8) is 0 Å². The number of nitro groups is 1. The highest BCUT2D eigenvalue weighted by molar-refractivity contribution is 7.89. The quantitative estimate of drug-likeness (QED) is 0.644. The number of sulfonamides is 1. The number of nitrogens with zero attached hydrogens (tertiary/aromatic N) is 2. The number of nitro benzene ring substituents is 1.